The van der Waals surface area contributed by atoms with Crippen molar-refractivity contribution in [2.24, 2.45) is 0 Å². The molecule has 1 saturated heterocycles. The van der Waals surface area contributed by atoms with E-state index < -0.39 is 5.60 Å². The van der Waals surface area contributed by atoms with Gasteiger partial charge in [0.05, 0.1) is 12.0 Å². The summed E-state index contributed by atoms with van der Waals surface area (Å²) in [6.07, 6.45) is 2.00. The van der Waals surface area contributed by atoms with E-state index in [1.165, 1.54) is 11.3 Å². The van der Waals surface area contributed by atoms with Crippen LogP contribution < -0.4 is 0 Å². The quantitative estimate of drug-likeness (QED) is 0.818. The van der Waals surface area contributed by atoms with E-state index in [0.717, 1.165) is 30.0 Å². The van der Waals surface area contributed by atoms with Gasteiger partial charge in [-0.2, -0.15) is 0 Å². The summed E-state index contributed by atoms with van der Waals surface area (Å²) in [5.41, 5.74) is 0.232. The second kappa shape index (κ2) is 5.11. The van der Waals surface area contributed by atoms with E-state index in [2.05, 4.69) is 4.98 Å². The van der Waals surface area contributed by atoms with E-state index in [0.29, 0.717) is 16.9 Å². The molecular formula is C12H18N2O2S2. The molecule has 6 heteroatoms. The van der Waals surface area contributed by atoms with Crippen LogP contribution in [0.1, 0.15) is 30.3 Å². The third-order valence-electron chi connectivity index (χ3n) is 3.26. The van der Waals surface area contributed by atoms with Crippen molar-refractivity contribution >= 4 is 29.5 Å². The molecule has 0 spiro atoms. The summed E-state index contributed by atoms with van der Waals surface area (Å²) >= 11 is 6.52. The van der Waals surface area contributed by atoms with Gasteiger partial charge in [-0.15, -0.1) is 11.3 Å². The fraction of sp³-hybridized carbons (Fsp3) is 0.667. The van der Waals surface area contributed by atoms with Crippen LogP contribution in [0.3, 0.4) is 0 Å². The van der Waals surface area contributed by atoms with E-state index in [1.54, 1.807) is 11.8 Å². The molecule has 1 amide bonds. The molecule has 0 saturated carbocycles. The number of nitrogens with zero attached hydrogens (tertiary/aromatic N) is 1. The van der Waals surface area contributed by atoms with Gasteiger partial charge in [0.2, 0.25) is 5.91 Å². The summed E-state index contributed by atoms with van der Waals surface area (Å²) in [7, 11) is 0. The lowest BCUT2D eigenvalue weighted by Gasteiger charge is -2.36. The number of aromatic nitrogens is 1. The number of rotatable bonds is 2. The number of aryl methyl sites for hydroxylation is 1. The van der Waals surface area contributed by atoms with Crippen molar-refractivity contribution in [3.05, 3.63) is 14.5 Å². The number of hydrogen-bond donors (Lipinski definition) is 2. The topological polar surface area (TPSA) is 56.3 Å². The van der Waals surface area contributed by atoms with Crippen LogP contribution in [0.15, 0.2) is 0 Å². The zero-order valence-electron chi connectivity index (χ0n) is 10.7. The lowest BCUT2D eigenvalue weighted by Crippen LogP contribution is -2.49. The zero-order chi connectivity index (χ0) is 13.3. The summed E-state index contributed by atoms with van der Waals surface area (Å²) in [5.74, 6) is 0.0725. The maximum Gasteiger partial charge on any atom is 0.227 e. The van der Waals surface area contributed by atoms with Gasteiger partial charge in [-0.1, -0.05) is 0 Å². The molecule has 1 aliphatic heterocycles. The molecule has 1 fully saturated rings. The lowest BCUT2D eigenvalue weighted by atomic mass is 9.95. The van der Waals surface area contributed by atoms with Gasteiger partial charge in [0.1, 0.15) is 0 Å². The number of H-pyrrole nitrogens is 1. The predicted molar refractivity (Wildman–Crippen MR) is 74.4 cm³/mol. The van der Waals surface area contributed by atoms with Gasteiger partial charge >= 0.3 is 0 Å². The number of β-amino-alcohol motifs (C(OH)–C–C–N with tert-alkyl or cyclic N) is 1. The Bertz CT molecular complexity index is 504. The standard InChI is InChI=1S/C12H18N2O2S2/c1-8-9(18-11(17)13-8)6-10(15)14-5-3-4-12(2,16)7-14/h16H,3-7H2,1-2H3,(H,13,17)/t12-/m1/s1. The molecule has 0 aliphatic carbocycles. The Labute approximate surface area is 116 Å². The first-order valence-corrected chi connectivity index (χ1v) is 7.29. The van der Waals surface area contributed by atoms with Gasteiger partial charge in [-0.05, 0) is 38.9 Å². The highest BCUT2D eigenvalue weighted by Crippen LogP contribution is 2.22. The van der Waals surface area contributed by atoms with Gasteiger partial charge in [0.25, 0.3) is 0 Å². The molecule has 2 N–H and O–H groups in total. The molecule has 0 unspecified atom stereocenters. The number of nitrogens with one attached hydrogen (secondary N) is 1. The van der Waals surface area contributed by atoms with E-state index in [9.17, 15) is 9.90 Å². The number of likely N-dealkylation sites (tertiary alicyclic amines) is 1. The summed E-state index contributed by atoms with van der Waals surface area (Å²) < 4.78 is 0.709. The first-order valence-electron chi connectivity index (χ1n) is 6.06. The second-order valence-corrected chi connectivity index (χ2v) is 6.93. The Morgan fingerprint density at radius 2 is 2.39 bits per heavy atom. The average Bonchev–Trinajstić information content (AvgIpc) is 2.56. The number of aromatic amines is 1. The van der Waals surface area contributed by atoms with Crippen LogP contribution in [0, 0.1) is 10.9 Å². The van der Waals surface area contributed by atoms with Crippen molar-refractivity contribution in [1.82, 2.24) is 9.88 Å². The van der Waals surface area contributed by atoms with Crippen LogP contribution >= 0.6 is 23.6 Å². The van der Waals surface area contributed by atoms with E-state index in [4.69, 9.17) is 12.2 Å². The minimum absolute atomic E-state index is 0.0725. The van der Waals surface area contributed by atoms with Crippen LogP contribution in [-0.2, 0) is 11.2 Å². The third kappa shape index (κ3) is 3.18. The first-order chi connectivity index (χ1) is 8.37. The number of hydrogen-bond acceptors (Lipinski definition) is 4. The van der Waals surface area contributed by atoms with Gasteiger partial charge in [0, 0.05) is 23.7 Å². The average molecular weight is 286 g/mol. The molecule has 1 aromatic rings. The van der Waals surface area contributed by atoms with Crippen molar-refractivity contribution in [2.45, 2.75) is 38.7 Å². The summed E-state index contributed by atoms with van der Waals surface area (Å²) in [5, 5.41) is 10.0. The molecule has 0 bridgehead atoms. The molecule has 1 aromatic heterocycles. The van der Waals surface area contributed by atoms with Gasteiger partial charge in [-0.3, -0.25) is 4.79 Å². The SMILES string of the molecule is Cc1[nH]c(=S)sc1CC(=O)N1CCC[C@@](C)(O)C1. The highest BCUT2D eigenvalue weighted by atomic mass is 32.1. The molecule has 0 aromatic carbocycles. The molecule has 4 nitrogen and oxygen atoms in total. The fourth-order valence-electron chi connectivity index (χ4n) is 2.29. The lowest BCUT2D eigenvalue weighted by molar-refractivity contribution is -0.136. The number of amides is 1. The van der Waals surface area contributed by atoms with E-state index in [-0.39, 0.29) is 5.91 Å². The van der Waals surface area contributed by atoms with E-state index in [1.807, 2.05) is 6.92 Å². The minimum atomic E-state index is -0.742. The Kier molecular flexibility index (Phi) is 3.89. The maximum atomic E-state index is 12.2. The van der Waals surface area contributed by atoms with Crippen LogP contribution in [-0.4, -0.2) is 39.6 Å². The molecule has 100 valence electrons. The Hall–Kier alpha value is -0.720. The van der Waals surface area contributed by atoms with Gasteiger partial charge in [0.15, 0.2) is 3.95 Å². The van der Waals surface area contributed by atoms with Crippen molar-refractivity contribution in [3.63, 3.8) is 0 Å². The smallest absolute Gasteiger partial charge is 0.227 e. The largest absolute Gasteiger partial charge is 0.388 e. The molecular weight excluding hydrogens is 268 g/mol. The molecule has 1 aliphatic rings. The van der Waals surface area contributed by atoms with Crippen LogP contribution in [0.2, 0.25) is 0 Å². The number of piperidine rings is 1. The van der Waals surface area contributed by atoms with Gasteiger partial charge < -0.3 is 15.0 Å². The van der Waals surface area contributed by atoms with Crippen molar-refractivity contribution in [3.8, 4) is 0 Å². The Balaban J connectivity index is 2.04. The number of aliphatic hydroxyl groups is 1. The second-order valence-electron chi connectivity index (χ2n) is 5.16. The molecule has 18 heavy (non-hydrogen) atoms. The molecule has 2 heterocycles. The highest BCUT2D eigenvalue weighted by molar-refractivity contribution is 7.73. The van der Waals surface area contributed by atoms with Crippen molar-refractivity contribution in [1.29, 1.82) is 0 Å². The van der Waals surface area contributed by atoms with E-state index >= 15 is 0 Å². The number of carbonyl (C=O) groups excluding carboxylic acids is 1. The summed E-state index contributed by atoms with van der Waals surface area (Å²) in [4.78, 5) is 18.0. The zero-order valence-corrected chi connectivity index (χ0v) is 12.3. The highest BCUT2D eigenvalue weighted by Gasteiger charge is 2.31. The molecule has 2 rings (SSSR count). The predicted octanol–water partition coefficient (Wildman–Crippen LogP) is 2.03. The van der Waals surface area contributed by atoms with Crippen LogP contribution in [0.5, 0.6) is 0 Å². The molecule has 0 radical (unpaired) electrons. The van der Waals surface area contributed by atoms with Crippen LogP contribution in [0.25, 0.3) is 0 Å². The normalized spacial score (nSPS) is 24.3. The fourth-order valence-corrected chi connectivity index (χ4v) is 3.57. The monoisotopic (exact) mass is 286 g/mol. The van der Waals surface area contributed by atoms with Gasteiger partial charge in [-0.25, -0.2) is 0 Å². The van der Waals surface area contributed by atoms with Crippen LogP contribution in [0.4, 0.5) is 0 Å². The summed E-state index contributed by atoms with van der Waals surface area (Å²) in [6.45, 7) is 4.89. The Morgan fingerprint density at radius 1 is 1.67 bits per heavy atom. The molecule has 1 atom stereocenters. The minimum Gasteiger partial charge on any atom is -0.388 e. The number of thiazole rings is 1. The Morgan fingerprint density at radius 3 is 2.94 bits per heavy atom. The van der Waals surface area contributed by atoms with Crippen molar-refractivity contribution in [2.75, 3.05) is 13.1 Å². The number of carbonyl (C=O) groups is 1. The summed E-state index contributed by atoms with van der Waals surface area (Å²) in [6, 6.07) is 0. The maximum absolute atomic E-state index is 12.2. The first kappa shape index (κ1) is 13.7. The third-order valence-corrected chi connectivity index (χ3v) is 4.60. The van der Waals surface area contributed by atoms with Crippen molar-refractivity contribution < 1.29 is 9.90 Å².